The van der Waals surface area contributed by atoms with E-state index >= 15 is 0 Å². The molecular formula is C19H27N5O4. The third-order valence-electron chi connectivity index (χ3n) is 5.85. The number of carbonyl (C=O) groups excluding carboxylic acids is 1. The van der Waals surface area contributed by atoms with E-state index in [4.69, 9.17) is 9.90 Å². The van der Waals surface area contributed by atoms with Crippen molar-refractivity contribution >= 4 is 18.0 Å². The van der Waals surface area contributed by atoms with Crippen molar-refractivity contribution in [3.8, 4) is 0 Å². The Morgan fingerprint density at radius 3 is 2.71 bits per heavy atom. The van der Waals surface area contributed by atoms with Crippen molar-refractivity contribution in [3.63, 3.8) is 0 Å². The van der Waals surface area contributed by atoms with Gasteiger partial charge in [-0.15, -0.1) is 0 Å². The topological polar surface area (TPSA) is 111 Å². The summed E-state index contributed by atoms with van der Waals surface area (Å²) in [6.45, 7) is 3.20. The Labute approximate surface area is 162 Å². The van der Waals surface area contributed by atoms with Crippen LogP contribution in [0.1, 0.15) is 30.7 Å². The number of fused-ring (bicyclic) bond motifs is 2. The van der Waals surface area contributed by atoms with Crippen molar-refractivity contribution in [2.24, 2.45) is 11.8 Å². The molecule has 0 bridgehead atoms. The Kier molecular flexibility index (Phi) is 5.83. The van der Waals surface area contributed by atoms with Crippen molar-refractivity contribution in [1.82, 2.24) is 24.4 Å². The maximum absolute atomic E-state index is 12.2. The third-order valence-corrected chi connectivity index (χ3v) is 5.85. The molecule has 2 fully saturated rings. The normalized spacial score (nSPS) is 24.2. The number of aromatic amines is 1. The highest BCUT2D eigenvalue weighted by molar-refractivity contribution is 5.77. The van der Waals surface area contributed by atoms with Crippen LogP contribution in [0.2, 0.25) is 0 Å². The van der Waals surface area contributed by atoms with Crippen LogP contribution in [0.4, 0.5) is 0 Å². The van der Waals surface area contributed by atoms with Gasteiger partial charge in [0.05, 0.1) is 5.69 Å². The largest absolute Gasteiger partial charge is 0.483 e. The highest BCUT2D eigenvalue weighted by Crippen LogP contribution is 2.40. The van der Waals surface area contributed by atoms with Crippen LogP contribution in [0.3, 0.4) is 0 Å². The Hall–Kier alpha value is -2.68. The number of likely N-dealkylation sites (tertiary alicyclic amines) is 1. The number of nitrogens with one attached hydrogen (secondary N) is 1. The number of nitrogens with zero attached hydrogens (tertiary/aromatic N) is 4. The van der Waals surface area contributed by atoms with Crippen LogP contribution in [0, 0.1) is 18.8 Å². The van der Waals surface area contributed by atoms with Crippen LogP contribution in [-0.4, -0.2) is 68.6 Å². The lowest BCUT2D eigenvalue weighted by molar-refractivity contribution is -0.135. The zero-order chi connectivity index (χ0) is 20.4. The highest BCUT2D eigenvalue weighted by Gasteiger charge is 2.41. The molecule has 0 unspecified atom stereocenters. The van der Waals surface area contributed by atoms with Gasteiger partial charge in [0.15, 0.2) is 5.65 Å². The first-order valence-electron chi connectivity index (χ1n) is 9.42. The predicted octanol–water partition coefficient (Wildman–Crippen LogP) is 0.721. The molecule has 0 aromatic carbocycles. The molecule has 9 heteroatoms. The number of hydrogen-bond acceptors (Lipinski definition) is 5. The number of hydrogen-bond donors (Lipinski definition) is 2. The molecule has 1 aliphatic heterocycles. The molecule has 2 aromatic rings. The van der Waals surface area contributed by atoms with Gasteiger partial charge in [0.1, 0.15) is 0 Å². The Morgan fingerprint density at radius 2 is 2.00 bits per heavy atom. The molecule has 152 valence electrons. The minimum atomic E-state index is -0.250. The second-order valence-corrected chi connectivity index (χ2v) is 7.86. The average Bonchev–Trinajstić information content (AvgIpc) is 3.19. The van der Waals surface area contributed by atoms with E-state index in [9.17, 15) is 9.59 Å². The fraction of sp³-hybridized carbons (Fsp3) is 0.579. The van der Waals surface area contributed by atoms with Crippen LogP contribution in [-0.2, 0) is 16.1 Å². The molecule has 28 heavy (non-hydrogen) atoms. The third kappa shape index (κ3) is 4.09. The summed E-state index contributed by atoms with van der Waals surface area (Å²) in [6, 6.07) is 3.94. The summed E-state index contributed by atoms with van der Waals surface area (Å²) in [4.78, 5) is 41.3. The molecular weight excluding hydrogens is 362 g/mol. The monoisotopic (exact) mass is 389 g/mol. The van der Waals surface area contributed by atoms with Crippen molar-refractivity contribution in [2.45, 2.75) is 38.8 Å². The van der Waals surface area contributed by atoms with Gasteiger partial charge in [-0.2, -0.15) is 0 Å². The molecule has 0 spiro atoms. The molecule has 0 radical (unpaired) electrons. The number of carbonyl (C=O) groups is 2. The summed E-state index contributed by atoms with van der Waals surface area (Å²) < 4.78 is 1.48. The van der Waals surface area contributed by atoms with Gasteiger partial charge in [0.25, 0.3) is 12.0 Å². The highest BCUT2D eigenvalue weighted by atomic mass is 16.3. The van der Waals surface area contributed by atoms with E-state index < -0.39 is 0 Å². The fourth-order valence-corrected chi connectivity index (χ4v) is 4.47. The fourth-order valence-electron chi connectivity index (χ4n) is 4.47. The number of H-pyrrole nitrogens is 1. The van der Waals surface area contributed by atoms with Gasteiger partial charge in [-0.05, 0) is 38.6 Å². The van der Waals surface area contributed by atoms with Crippen LogP contribution in [0.5, 0.6) is 0 Å². The molecule has 1 saturated carbocycles. The first-order valence-corrected chi connectivity index (χ1v) is 9.42. The van der Waals surface area contributed by atoms with Gasteiger partial charge in [-0.3, -0.25) is 24.4 Å². The lowest BCUT2D eigenvalue weighted by Gasteiger charge is -2.31. The maximum Gasteiger partial charge on any atom is 0.290 e. The van der Waals surface area contributed by atoms with E-state index in [0.29, 0.717) is 36.5 Å². The standard InChI is InChI=1S/C18H25N5O2.CH2O2/c1-11-4-16-19-14(8-18(25)23(16)20-11)10-21(2)15-5-12-7-17(24)22(3)9-13(12)6-15;2-1-3/h4,8,12-13,15,20H,5-7,9-10H2,1-3H3;1H,(H,2,3)/t12-,13+,15-;/m0./s1. The molecule has 2 aromatic heterocycles. The minimum Gasteiger partial charge on any atom is -0.483 e. The number of aryl methyl sites for hydroxylation is 1. The molecule has 1 saturated heterocycles. The number of amides is 1. The summed E-state index contributed by atoms with van der Waals surface area (Å²) in [5.74, 6) is 1.38. The van der Waals surface area contributed by atoms with E-state index in [1.54, 1.807) is 6.07 Å². The SMILES string of the molecule is Cc1cc2nc(CN(C)[C@H]3C[C@H]4CC(=O)N(C)C[C@H]4C3)cc(=O)n2[nH]1.O=CO. The maximum atomic E-state index is 12.2. The van der Waals surface area contributed by atoms with Crippen LogP contribution in [0.25, 0.3) is 5.65 Å². The van der Waals surface area contributed by atoms with E-state index in [0.717, 1.165) is 30.8 Å². The molecule has 1 amide bonds. The van der Waals surface area contributed by atoms with Crippen LogP contribution in [0.15, 0.2) is 16.9 Å². The van der Waals surface area contributed by atoms with Gasteiger partial charge in [-0.25, -0.2) is 9.50 Å². The number of piperidine rings is 1. The van der Waals surface area contributed by atoms with Gasteiger partial charge in [0, 0.05) is 50.4 Å². The second-order valence-electron chi connectivity index (χ2n) is 7.86. The number of aromatic nitrogens is 3. The summed E-state index contributed by atoms with van der Waals surface area (Å²) in [5.41, 5.74) is 2.31. The quantitative estimate of drug-likeness (QED) is 0.749. The van der Waals surface area contributed by atoms with E-state index in [-0.39, 0.29) is 17.9 Å². The van der Waals surface area contributed by atoms with Crippen molar-refractivity contribution in [1.29, 1.82) is 0 Å². The van der Waals surface area contributed by atoms with Crippen LogP contribution < -0.4 is 5.56 Å². The van der Waals surface area contributed by atoms with Crippen LogP contribution >= 0.6 is 0 Å². The van der Waals surface area contributed by atoms with Crippen molar-refractivity contribution in [3.05, 3.63) is 33.9 Å². The molecule has 2 aliphatic rings. The van der Waals surface area contributed by atoms with Crippen molar-refractivity contribution in [2.75, 3.05) is 20.6 Å². The average molecular weight is 389 g/mol. The predicted molar refractivity (Wildman–Crippen MR) is 103 cm³/mol. The summed E-state index contributed by atoms with van der Waals surface area (Å²) in [7, 11) is 4.00. The van der Waals surface area contributed by atoms with Gasteiger partial charge >= 0.3 is 0 Å². The zero-order valence-corrected chi connectivity index (χ0v) is 16.5. The molecule has 4 rings (SSSR count). The Bertz CT molecular complexity index is 921. The molecule has 3 atom stereocenters. The van der Waals surface area contributed by atoms with Gasteiger partial charge < -0.3 is 10.0 Å². The first kappa shape index (κ1) is 20.1. The molecule has 1 aliphatic carbocycles. The summed E-state index contributed by atoms with van der Waals surface area (Å²) >= 11 is 0. The Balaban J connectivity index is 0.000000706. The first-order chi connectivity index (χ1) is 13.3. The lowest BCUT2D eigenvalue weighted by atomic mass is 9.88. The van der Waals surface area contributed by atoms with Crippen molar-refractivity contribution < 1.29 is 14.7 Å². The number of rotatable bonds is 3. The smallest absolute Gasteiger partial charge is 0.290 e. The molecule has 9 nitrogen and oxygen atoms in total. The molecule has 3 heterocycles. The summed E-state index contributed by atoms with van der Waals surface area (Å²) in [5, 5.41) is 9.88. The Morgan fingerprint density at radius 1 is 1.32 bits per heavy atom. The zero-order valence-electron chi connectivity index (χ0n) is 16.5. The lowest BCUT2D eigenvalue weighted by Crippen LogP contribution is -2.39. The van der Waals surface area contributed by atoms with Gasteiger partial charge in [-0.1, -0.05) is 0 Å². The molecule has 2 N–H and O–H groups in total. The van der Waals surface area contributed by atoms with Gasteiger partial charge in [0.2, 0.25) is 5.91 Å². The van der Waals surface area contributed by atoms with E-state index in [2.05, 4.69) is 22.0 Å². The summed E-state index contributed by atoms with van der Waals surface area (Å²) in [6.07, 6.45) is 2.86. The number of carboxylic acid groups (broad SMARTS) is 1. The minimum absolute atomic E-state index is 0.0752. The van der Waals surface area contributed by atoms with E-state index in [1.165, 1.54) is 4.52 Å². The van der Waals surface area contributed by atoms with E-state index in [1.807, 2.05) is 24.9 Å². The second kappa shape index (κ2) is 8.14.